The summed E-state index contributed by atoms with van der Waals surface area (Å²) in [4.78, 5) is 25.4. The molecule has 1 aliphatic rings. The Kier molecular flexibility index (Phi) is 7.86. The third kappa shape index (κ3) is 5.85. The molecule has 2 N–H and O–H groups in total. The first-order chi connectivity index (χ1) is 19.2. The smallest absolute Gasteiger partial charge is 0.270 e. The van der Waals surface area contributed by atoms with E-state index in [0.717, 1.165) is 22.9 Å². The molecule has 5 rings (SSSR count). The second-order valence-electron chi connectivity index (χ2n) is 9.59. The number of carbonyl (C=O) groups is 2. The van der Waals surface area contributed by atoms with Gasteiger partial charge in [0.15, 0.2) is 0 Å². The molecule has 2 amide bonds. The highest BCUT2D eigenvalue weighted by atomic mass is 79.9. The first-order valence-electron chi connectivity index (χ1n) is 12.7. The van der Waals surface area contributed by atoms with E-state index in [9.17, 15) is 18.0 Å². The van der Waals surface area contributed by atoms with Crippen LogP contribution in [-0.2, 0) is 10.0 Å². The largest absolute Gasteiger partial charge is 0.354 e. The highest BCUT2D eigenvalue weighted by Gasteiger charge is 2.32. The lowest BCUT2D eigenvalue weighted by molar-refractivity contribution is 0.0946. The van der Waals surface area contributed by atoms with Crippen molar-refractivity contribution in [1.29, 1.82) is 0 Å². The molecule has 11 nitrogen and oxygen atoms in total. The molecule has 0 unspecified atom stereocenters. The van der Waals surface area contributed by atoms with Crippen molar-refractivity contribution in [3.8, 4) is 5.69 Å². The van der Waals surface area contributed by atoms with Crippen molar-refractivity contribution in [3.63, 3.8) is 0 Å². The van der Waals surface area contributed by atoms with E-state index in [1.807, 2.05) is 30.3 Å². The van der Waals surface area contributed by atoms with Gasteiger partial charge in [0.1, 0.15) is 5.69 Å². The fourth-order valence-corrected chi connectivity index (χ4v) is 5.84. The first-order valence-corrected chi connectivity index (χ1v) is 15.4. The third-order valence-electron chi connectivity index (χ3n) is 6.69. The van der Waals surface area contributed by atoms with Gasteiger partial charge in [0.2, 0.25) is 10.0 Å². The van der Waals surface area contributed by atoms with Crippen molar-refractivity contribution >= 4 is 54.4 Å². The molecule has 208 valence electrons. The van der Waals surface area contributed by atoms with E-state index < -0.39 is 10.0 Å². The zero-order valence-corrected chi connectivity index (χ0v) is 24.4. The molecule has 0 aliphatic heterocycles. The number of fused-ring (bicyclic) bond motifs is 1. The monoisotopic (exact) mass is 625 g/mol. The molecule has 4 aromatic rings. The molecule has 0 radical (unpaired) electrons. The number of rotatable bonds is 10. The van der Waals surface area contributed by atoms with Gasteiger partial charge in [-0.3, -0.25) is 13.9 Å². The Morgan fingerprint density at radius 1 is 1.10 bits per heavy atom. The number of amides is 2. The highest BCUT2D eigenvalue weighted by molar-refractivity contribution is 9.10. The van der Waals surface area contributed by atoms with Crippen LogP contribution in [-0.4, -0.2) is 66.6 Å². The van der Waals surface area contributed by atoms with E-state index >= 15 is 0 Å². The lowest BCUT2D eigenvalue weighted by atomic mass is 10.0. The number of carbonyl (C=O) groups excluding carboxylic acids is 2. The van der Waals surface area contributed by atoms with Crippen LogP contribution in [0.3, 0.4) is 0 Å². The predicted molar refractivity (Wildman–Crippen MR) is 155 cm³/mol. The Morgan fingerprint density at radius 3 is 2.48 bits per heavy atom. The summed E-state index contributed by atoms with van der Waals surface area (Å²) in [6.07, 6.45) is 6.23. The average molecular weight is 627 g/mol. The molecule has 1 aliphatic carbocycles. The Balaban J connectivity index is 1.50. The predicted octanol–water partition coefficient (Wildman–Crippen LogP) is 3.40. The number of anilines is 1. The summed E-state index contributed by atoms with van der Waals surface area (Å²) < 4.78 is 29.9. The molecule has 40 heavy (non-hydrogen) atoms. The number of benzene rings is 2. The van der Waals surface area contributed by atoms with Crippen molar-refractivity contribution in [2.24, 2.45) is 0 Å². The van der Waals surface area contributed by atoms with Crippen LogP contribution >= 0.6 is 15.9 Å². The maximum Gasteiger partial charge on any atom is 0.270 e. The number of hydrogen-bond acceptors (Lipinski definition) is 7. The van der Waals surface area contributed by atoms with Gasteiger partial charge in [-0.2, -0.15) is 15.3 Å². The normalized spacial score (nSPS) is 13.3. The van der Waals surface area contributed by atoms with Crippen LogP contribution in [0.15, 0.2) is 59.3 Å². The van der Waals surface area contributed by atoms with Gasteiger partial charge in [-0.1, -0.05) is 15.9 Å². The van der Waals surface area contributed by atoms with Gasteiger partial charge in [0.25, 0.3) is 11.8 Å². The van der Waals surface area contributed by atoms with Crippen molar-refractivity contribution in [2.45, 2.75) is 25.2 Å². The summed E-state index contributed by atoms with van der Waals surface area (Å²) in [5.74, 6) is -0.405. The van der Waals surface area contributed by atoms with E-state index in [2.05, 4.69) is 36.8 Å². The second kappa shape index (κ2) is 11.3. The molecule has 2 aromatic carbocycles. The molecular formula is C27H28BrN7O4S. The Hall–Kier alpha value is -3.84. The summed E-state index contributed by atoms with van der Waals surface area (Å²) >= 11 is 3.44. The summed E-state index contributed by atoms with van der Waals surface area (Å²) in [6.45, 7) is 0.432. The van der Waals surface area contributed by atoms with Gasteiger partial charge in [0, 0.05) is 30.0 Å². The van der Waals surface area contributed by atoms with Crippen molar-refractivity contribution in [1.82, 2.24) is 30.6 Å². The van der Waals surface area contributed by atoms with E-state index in [1.54, 1.807) is 23.9 Å². The lowest BCUT2D eigenvalue weighted by Gasteiger charge is -2.25. The quantitative estimate of drug-likeness (QED) is 0.257. The molecular weight excluding hydrogens is 598 g/mol. The molecule has 1 saturated carbocycles. The fourth-order valence-electron chi connectivity index (χ4n) is 4.60. The molecule has 0 spiro atoms. The minimum Gasteiger partial charge on any atom is -0.354 e. The Bertz CT molecular complexity index is 1670. The minimum atomic E-state index is -3.67. The third-order valence-corrected chi connectivity index (χ3v) is 8.40. The van der Waals surface area contributed by atoms with Crippen molar-refractivity contribution in [3.05, 3.63) is 76.2 Å². The lowest BCUT2D eigenvalue weighted by Crippen LogP contribution is -2.34. The van der Waals surface area contributed by atoms with Crippen LogP contribution in [0.1, 0.15) is 51.6 Å². The van der Waals surface area contributed by atoms with Crippen molar-refractivity contribution in [2.75, 3.05) is 30.7 Å². The number of halogens is 1. The zero-order valence-electron chi connectivity index (χ0n) is 22.0. The maximum absolute atomic E-state index is 13.0. The van der Waals surface area contributed by atoms with Gasteiger partial charge in [0.05, 0.1) is 41.1 Å². The number of nitrogens with one attached hydrogen (secondary N) is 2. The van der Waals surface area contributed by atoms with Gasteiger partial charge < -0.3 is 10.6 Å². The van der Waals surface area contributed by atoms with E-state index in [-0.39, 0.29) is 30.8 Å². The second-order valence-corrected chi connectivity index (χ2v) is 12.4. The van der Waals surface area contributed by atoms with Gasteiger partial charge in [-0.25, -0.2) is 13.1 Å². The molecule has 0 saturated heterocycles. The Morgan fingerprint density at radius 2 is 1.85 bits per heavy atom. The summed E-state index contributed by atoms with van der Waals surface area (Å²) in [7, 11) is -2.10. The van der Waals surface area contributed by atoms with E-state index in [0.29, 0.717) is 40.0 Å². The summed E-state index contributed by atoms with van der Waals surface area (Å²) in [5.41, 5.74) is 3.38. The summed E-state index contributed by atoms with van der Waals surface area (Å²) in [5, 5.41) is 18.3. The Labute approximate surface area is 240 Å². The number of nitrogens with zero attached hydrogens (tertiary/aromatic N) is 5. The van der Waals surface area contributed by atoms with E-state index in [1.165, 1.54) is 23.0 Å². The van der Waals surface area contributed by atoms with Crippen LogP contribution in [0, 0.1) is 0 Å². The topological polar surface area (TPSA) is 139 Å². The van der Waals surface area contributed by atoms with Crippen LogP contribution in [0.25, 0.3) is 16.6 Å². The first kappa shape index (κ1) is 27.7. The van der Waals surface area contributed by atoms with Crippen LogP contribution in [0.2, 0.25) is 0 Å². The summed E-state index contributed by atoms with van der Waals surface area (Å²) in [6, 6.07) is 12.7. The fraction of sp³-hybridized carbons (Fsp3) is 0.296. The highest BCUT2D eigenvalue weighted by Crippen LogP contribution is 2.46. The molecule has 2 aromatic heterocycles. The van der Waals surface area contributed by atoms with Crippen LogP contribution in [0.5, 0.6) is 0 Å². The standard InChI is InChI=1S/C27H28BrN7O4S/c1-29-27(37)25-22-14-21(17-4-5-17)24(15-23(22)33-35(25)20-8-6-19(28)7-9-20)34(40(2,38)39)13-3-11-30-26(36)18-10-12-31-32-16-18/h6-10,12,14-17H,3-5,11,13H2,1-2H3,(H,29,37)(H,30,36). The average Bonchev–Trinajstić information content (AvgIpc) is 3.72. The zero-order chi connectivity index (χ0) is 28.4. The van der Waals surface area contributed by atoms with E-state index in [4.69, 9.17) is 5.10 Å². The van der Waals surface area contributed by atoms with Crippen LogP contribution < -0.4 is 14.9 Å². The molecule has 13 heteroatoms. The van der Waals surface area contributed by atoms with Crippen LogP contribution in [0.4, 0.5) is 5.69 Å². The van der Waals surface area contributed by atoms with Crippen molar-refractivity contribution < 1.29 is 18.0 Å². The minimum absolute atomic E-state index is 0.161. The molecule has 1 fully saturated rings. The van der Waals surface area contributed by atoms with Gasteiger partial charge in [-0.05, 0) is 73.2 Å². The molecule has 2 heterocycles. The molecule has 0 atom stereocenters. The van der Waals surface area contributed by atoms with Gasteiger partial charge >= 0.3 is 0 Å². The number of aromatic nitrogens is 4. The number of sulfonamides is 1. The SMILES string of the molecule is CNC(=O)c1c2cc(C3CC3)c(N(CCCNC(=O)c3ccnnc3)S(C)(=O)=O)cc2nn1-c1ccc(Br)cc1. The number of hydrogen-bond donors (Lipinski definition) is 2. The molecule has 0 bridgehead atoms. The van der Waals surface area contributed by atoms with Gasteiger partial charge in [-0.15, -0.1) is 0 Å². The maximum atomic E-state index is 13.0.